The van der Waals surface area contributed by atoms with Crippen molar-refractivity contribution in [2.24, 2.45) is 0 Å². The molecule has 0 fully saturated rings. The van der Waals surface area contributed by atoms with Crippen molar-refractivity contribution in [1.82, 2.24) is 19.8 Å². The summed E-state index contributed by atoms with van der Waals surface area (Å²) in [5.41, 5.74) is 0.423. The number of benzene rings is 2. The summed E-state index contributed by atoms with van der Waals surface area (Å²) >= 11 is 16.1. The summed E-state index contributed by atoms with van der Waals surface area (Å²) in [7, 11) is 0. The second kappa shape index (κ2) is 9.40. The number of ether oxygens (including phenoxy) is 1. The number of rotatable bonds is 5. The minimum absolute atomic E-state index is 0.0373. The first-order chi connectivity index (χ1) is 15.3. The molecule has 0 spiro atoms. The molecular formula is C21H15BrCl2N4O4. The largest absolute Gasteiger partial charge is 0.427 e. The zero-order valence-corrected chi connectivity index (χ0v) is 19.5. The maximum atomic E-state index is 12.8. The molecule has 11 heteroatoms. The van der Waals surface area contributed by atoms with E-state index in [4.69, 9.17) is 27.9 Å². The highest BCUT2D eigenvalue weighted by Crippen LogP contribution is 2.30. The topological polar surface area (TPSA) is 96.1 Å². The Morgan fingerprint density at radius 3 is 2.53 bits per heavy atom. The van der Waals surface area contributed by atoms with Gasteiger partial charge in [0, 0.05) is 34.0 Å². The van der Waals surface area contributed by atoms with Crippen LogP contribution in [0.2, 0.25) is 10.0 Å². The molecule has 0 atom stereocenters. The average Bonchev–Trinajstić information content (AvgIpc) is 3.11. The Bertz CT molecular complexity index is 1300. The summed E-state index contributed by atoms with van der Waals surface area (Å²) in [6, 6.07) is 9.91. The lowest BCUT2D eigenvalue weighted by Gasteiger charge is -2.14. The standard InChI is InChI=1S/C21H15BrCl2N4O4/c22-12-4-6-13(7-5-12)28-21(31)27(25-26-28)11-17-18(23)9-8-16(19(17)24)20(30)32-15-3-1-2-14(29)10-15/h4-10H,1-3,11H2. The summed E-state index contributed by atoms with van der Waals surface area (Å²) < 4.78 is 8.42. The minimum Gasteiger partial charge on any atom is -0.427 e. The van der Waals surface area contributed by atoms with Gasteiger partial charge in [0.2, 0.25) is 0 Å². The minimum atomic E-state index is -0.709. The number of allylic oxidation sites excluding steroid dienone is 2. The number of halogens is 3. The van der Waals surface area contributed by atoms with Crippen molar-refractivity contribution in [1.29, 1.82) is 0 Å². The highest BCUT2D eigenvalue weighted by atomic mass is 79.9. The maximum Gasteiger partial charge on any atom is 0.368 e. The normalized spacial score (nSPS) is 13.7. The van der Waals surface area contributed by atoms with Gasteiger partial charge in [0.05, 0.1) is 22.8 Å². The summed E-state index contributed by atoms with van der Waals surface area (Å²) in [6.07, 6.45) is 2.87. The number of hydrogen-bond donors (Lipinski definition) is 0. The van der Waals surface area contributed by atoms with E-state index in [9.17, 15) is 14.4 Å². The molecule has 4 rings (SSSR count). The van der Waals surface area contributed by atoms with E-state index >= 15 is 0 Å². The van der Waals surface area contributed by atoms with Crippen LogP contribution in [0.5, 0.6) is 0 Å². The highest BCUT2D eigenvalue weighted by Gasteiger charge is 2.22. The molecule has 0 bridgehead atoms. The lowest BCUT2D eigenvalue weighted by atomic mass is 10.1. The van der Waals surface area contributed by atoms with Crippen molar-refractivity contribution < 1.29 is 14.3 Å². The van der Waals surface area contributed by atoms with Gasteiger partial charge >= 0.3 is 11.7 Å². The van der Waals surface area contributed by atoms with Crippen LogP contribution in [0.4, 0.5) is 0 Å². The SMILES string of the molecule is O=C1C=C(OC(=O)c2ccc(Cl)c(Cn3nnn(-c4ccc(Br)cc4)c3=O)c2Cl)CCC1. The molecule has 1 aliphatic rings. The summed E-state index contributed by atoms with van der Waals surface area (Å²) in [5.74, 6) is -0.498. The Balaban J connectivity index is 1.61. The van der Waals surface area contributed by atoms with Gasteiger partial charge in [0.15, 0.2) is 5.78 Å². The smallest absolute Gasteiger partial charge is 0.368 e. The molecule has 0 amide bonds. The Morgan fingerprint density at radius 1 is 1.06 bits per heavy atom. The summed E-state index contributed by atoms with van der Waals surface area (Å²) in [4.78, 5) is 37.0. The number of esters is 1. The predicted octanol–water partition coefficient (Wildman–Crippen LogP) is 4.34. The fourth-order valence-corrected chi connectivity index (χ4v) is 4.01. The maximum absolute atomic E-state index is 12.8. The van der Waals surface area contributed by atoms with Crippen LogP contribution in [0, 0.1) is 0 Å². The number of nitrogens with zero attached hydrogens (tertiary/aromatic N) is 4. The molecule has 164 valence electrons. The van der Waals surface area contributed by atoms with Crippen molar-refractivity contribution in [2.75, 3.05) is 0 Å². The fraction of sp³-hybridized carbons (Fsp3) is 0.190. The molecule has 2 aromatic carbocycles. The molecule has 0 radical (unpaired) electrons. The quantitative estimate of drug-likeness (QED) is 0.449. The van der Waals surface area contributed by atoms with E-state index < -0.39 is 11.7 Å². The molecule has 0 aliphatic heterocycles. The van der Waals surface area contributed by atoms with Crippen molar-refractivity contribution >= 4 is 50.9 Å². The van der Waals surface area contributed by atoms with Gasteiger partial charge in [-0.25, -0.2) is 9.59 Å². The molecule has 8 nitrogen and oxygen atoms in total. The van der Waals surface area contributed by atoms with Gasteiger partial charge in [-0.15, -0.1) is 0 Å². The molecular weight excluding hydrogens is 523 g/mol. The van der Waals surface area contributed by atoms with Crippen LogP contribution >= 0.6 is 39.1 Å². The number of hydrogen-bond acceptors (Lipinski definition) is 6. The Kier molecular flexibility index (Phi) is 6.59. The molecule has 3 aromatic rings. The molecule has 0 saturated carbocycles. The van der Waals surface area contributed by atoms with Crippen LogP contribution in [0.15, 0.2) is 57.5 Å². The Morgan fingerprint density at radius 2 is 1.81 bits per heavy atom. The van der Waals surface area contributed by atoms with Crippen LogP contribution in [0.1, 0.15) is 35.2 Å². The van der Waals surface area contributed by atoms with Crippen molar-refractivity contribution in [3.05, 3.63) is 84.4 Å². The van der Waals surface area contributed by atoms with Crippen LogP contribution in [-0.4, -0.2) is 31.5 Å². The third-order valence-electron chi connectivity index (χ3n) is 4.82. The van der Waals surface area contributed by atoms with Crippen LogP contribution in [0.3, 0.4) is 0 Å². The third-order valence-corrected chi connectivity index (χ3v) is 6.13. The number of carbonyl (C=O) groups excluding carboxylic acids is 2. The highest BCUT2D eigenvalue weighted by molar-refractivity contribution is 9.10. The van der Waals surface area contributed by atoms with Gasteiger partial charge < -0.3 is 4.74 Å². The van der Waals surface area contributed by atoms with Crippen LogP contribution in [0.25, 0.3) is 5.69 Å². The number of carbonyl (C=O) groups is 2. The second-order valence-corrected chi connectivity index (χ2v) is 8.72. The molecule has 1 heterocycles. The summed E-state index contributed by atoms with van der Waals surface area (Å²) in [5, 5.41) is 8.08. The van der Waals surface area contributed by atoms with Gasteiger partial charge in [-0.3, -0.25) is 4.79 Å². The van der Waals surface area contributed by atoms with E-state index in [2.05, 4.69) is 26.4 Å². The van der Waals surface area contributed by atoms with E-state index in [0.717, 1.165) is 13.8 Å². The van der Waals surface area contributed by atoms with Crippen LogP contribution < -0.4 is 5.69 Å². The predicted molar refractivity (Wildman–Crippen MR) is 121 cm³/mol. The molecule has 0 saturated heterocycles. The Hall–Kier alpha value is -2.75. The fourth-order valence-electron chi connectivity index (χ4n) is 3.18. The lowest BCUT2D eigenvalue weighted by Crippen LogP contribution is -2.25. The van der Waals surface area contributed by atoms with E-state index in [-0.39, 0.29) is 27.9 Å². The molecule has 32 heavy (non-hydrogen) atoms. The average molecular weight is 538 g/mol. The van der Waals surface area contributed by atoms with E-state index in [1.54, 1.807) is 24.3 Å². The third kappa shape index (κ3) is 4.69. The van der Waals surface area contributed by atoms with Gasteiger partial charge in [0.1, 0.15) is 5.76 Å². The zero-order chi connectivity index (χ0) is 22.8. The van der Waals surface area contributed by atoms with Crippen molar-refractivity contribution in [2.45, 2.75) is 25.8 Å². The molecule has 1 aromatic heterocycles. The van der Waals surface area contributed by atoms with Gasteiger partial charge in [0.25, 0.3) is 0 Å². The van der Waals surface area contributed by atoms with E-state index in [1.165, 1.54) is 18.2 Å². The van der Waals surface area contributed by atoms with Gasteiger partial charge in [-0.2, -0.15) is 9.36 Å². The monoisotopic (exact) mass is 536 g/mol. The van der Waals surface area contributed by atoms with E-state index in [1.807, 2.05) is 0 Å². The van der Waals surface area contributed by atoms with Gasteiger partial charge in [-0.05, 0) is 53.2 Å². The first-order valence-electron chi connectivity index (χ1n) is 9.54. The van der Waals surface area contributed by atoms with Crippen LogP contribution in [-0.2, 0) is 16.1 Å². The first kappa shape index (κ1) is 22.4. The van der Waals surface area contributed by atoms with Crippen molar-refractivity contribution in [3.63, 3.8) is 0 Å². The second-order valence-electron chi connectivity index (χ2n) is 7.01. The first-order valence-corrected chi connectivity index (χ1v) is 11.1. The zero-order valence-electron chi connectivity index (χ0n) is 16.4. The lowest BCUT2D eigenvalue weighted by molar-refractivity contribution is -0.115. The molecule has 0 unspecified atom stereocenters. The number of aromatic nitrogens is 4. The number of ketones is 1. The molecule has 0 N–H and O–H groups in total. The van der Waals surface area contributed by atoms with Gasteiger partial charge in [-0.1, -0.05) is 39.1 Å². The molecule has 1 aliphatic carbocycles. The van der Waals surface area contributed by atoms with E-state index in [0.29, 0.717) is 36.3 Å². The Labute approximate surface area is 200 Å². The van der Waals surface area contributed by atoms with Crippen molar-refractivity contribution in [3.8, 4) is 5.69 Å². The summed E-state index contributed by atoms with van der Waals surface area (Å²) in [6.45, 7) is -0.102. The number of tetrazole rings is 1.